The first kappa shape index (κ1) is 13.8. The number of anilines is 1. The highest BCUT2D eigenvalue weighted by Gasteiger charge is 2.17. The fraction of sp³-hybridized carbons (Fsp3) is 0.571. The van der Waals surface area contributed by atoms with Crippen molar-refractivity contribution in [2.75, 3.05) is 31.1 Å². The van der Waals surface area contributed by atoms with Crippen molar-refractivity contribution in [2.45, 2.75) is 19.8 Å². The molecule has 5 nitrogen and oxygen atoms in total. The third kappa shape index (κ3) is 3.67. The average Bonchev–Trinajstić information content (AvgIpc) is 2.46. The molecule has 0 aromatic carbocycles. The van der Waals surface area contributed by atoms with Gasteiger partial charge in [0.15, 0.2) is 0 Å². The van der Waals surface area contributed by atoms with Crippen LogP contribution in [-0.2, 0) is 0 Å². The molecule has 1 saturated heterocycles. The summed E-state index contributed by atoms with van der Waals surface area (Å²) in [6, 6.07) is 3.75. The molecule has 1 aliphatic rings. The Morgan fingerprint density at radius 3 is 2.79 bits per heavy atom. The fourth-order valence-electron chi connectivity index (χ4n) is 2.23. The van der Waals surface area contributed by atoms with E-state index in [0.29, 0.717) is 18.7 Å². The second kappa shape index (κ2) is 6.52. The first-order valence-corrected chi connectivity index (χ1v) is 6.90. The largest absolute Gasteiger partial charge is 0.357 e. The molecule has 104 valence electrons. The zero-order chi connectivity index (χ0) is 13.7. The minimum Gasteiger partial charge on any atom is -0.357 e. The van der Waals surface area contributed by atoms with Crippen molar-refractivity contribution in [1.82, 2.24) is 10.3 Å². The molecular formula is C14H22N4O. The van der Waals surface area contributed by atoms with E-state index >= 15 is 0 Å². The maximum atomic E-state index is 11.7. The summed E-state index contributed by atoms with van der Waals surface area (Å²) >= 11 is 0. The Morgan fingerprint density at radius 1 is 1.47 bits per heavy atom. The summed E-state index contributed by atoms with van der Waals surface area (Å²) < 4.78 is 0. The number of rotatable bonds is 4. The minimum atomic E-state index is -0.114. The van der Waals surface area contributed by atoms with Gasteiger partial charge in [0, 0.05) is 32.4 Å². The van der Waals surface area contributed by atoms with Crippen LogP contribution in [0.3, 0.4) is 0 Å². The summed E-state index contributed by atoms with van der Waals surface area (Å²) in [4.78, 5) is 18.4. The molecule has 0 spiro atoms. The molecule has 1 aromatic rings. The monoisotopic (exact) mass is 262 g/mol. The molecule has 0 atom stereocenters. The van der Waals surface area contributed by atoms with Gasteiger partial charge in [-0.05, 0) is 30.9 Å². The number of hydrogen-bond donors (Lipinski definition) is 2. The number of piperidine rings is 1. The number of nitrogens with one attached hydrogen (secondary N) is 1. The number of pyridine rings is 1. The highest BCUT2D eigenvalue weighted by molar-refractivity contribution is 5.94. The first-order chi connectivity index (χ1) is 9.20. The van der Waals surface area contributed by atoms with Crippen molar-refractivity contribution in [3.63, 3.8) is 0 Å². The molecule has 5 heteroatoms. The summed E-state index contributed by atoms with van der Waals surface area (Å²) in [6.45, 7) is 5.32. The minimum absolute atomic E-state index is 0.114. The van der Waals surface area contributed by atoms with Crippen molar-refractivity contribution in [2.24, 2.45) is 11.7 Å². The van der Waals surface area contributed by atoms with Gasteiger partial charge in [-0.25, -0.2) is 4.98 Å². The van der Waals surface area contributed by atoms with Gasteiger partial charge < -0.3 is 16.0 Å². The zero-order valence-electron chi connectivity index (χ0n) is 11.4. The molecule has 1 aromatic heterocycles. The number of carbonyl (C=O) groups excluding carboxylic acids is 1. The van der Waals surface area contributed by atoms with Crippen molar-refractivity contribution in [3.8, 4) is 0 Å². The van der Waals surface area contributed by atoms with Crippen LogP contribution in [0.4, 0.5) is 5.82 Å². The van der Waals surface area contributed by atoms with E-state index in [-0.39, 0.29) is 5.91 Å². The van der Waals surface area contributed by atoms with Crippen LogP contribution >= 0.6 is 0 Å². The van der Waals surface area contributed by atoms with E-state index in [1.165, 1.54) is 12.8 Å². The summed E-state index contributed by atoms with van der Waals surface area (Å²) in [7, 11) is 0. The molecule has 1 aliphatic heterocycles. The van der Waals surface area contributed by atoms with Crippen LogP contribution in [0.5, 0.6) is 0 Å². The lowest BCUT2D eigenvalue weighted by atomic mass is 9.99. The summed E-state index contributed by atoms with van der Waals surface area (Å²) in [5.41, 5.74) is 5.94. The lowest BCUT2D eigenvalue weighted by Crippen LogP contribution is -2.33. The van der Waals surface area contributed by atoms with Crippen LogP contribution < -0.4 is 16.0 Å². The molecule has 1 fully saturated rings. The summed E-state index contributed by atoms with van der Waals surface area (Å²) in [5, 5.41) is 2.74. The Bertz CT molecular complexity index is 410. The highest BCUT2D eigenvalue weighted by atomic mass is 16.1. The molecule has 0 saturated carbocycles. The van der Waals surface area contributed by atoms with Crippen LogP contribution in [0.15, 0.2) is 18.3 Å². The van der Waals surface area contributed by atoms with Crippen LogP contribution in [0.25, 0.3) is 0 Å². The lowest BCUT2D eigenvalue weighted by Gasteiger charge is -2.31. The Morgan fingerprint density at radius 2 is 2.21 bits per heavy atom. The van der Waals surface area contributed by atoms with E-state index in [4.69, 9.17) is 5.73 Å². The van der Waals surface area contributed by atoms with Crippen molar-refractivity contribution < 1.29 is 4.79 Å². The number of amides is 1. The van der Waals surface area contributed by atoms with Crippen molar-refractivity contribution in [3.05, 3.63) is 23.9 Å². The van der Waals surface area contributed by atoms with Crippen molar-refractivity contribution >= 4 is 11.7 Å². The van der Waals surface area contributed by atoms with E-state index in [2.05, 4.69) is 22.1 Å². The predicted octanol–water partition coefficient (Wildman–Crippen LogP) is 1.01. The van der Waals surface area contributed by atoms with Gasteiger partial charge >= 0.3 is 0 Å². The van der Waals surface area contributed by atoms with Gasteiger partial charge in [-0.3, -0.25) is 4.79 Å². The number of carbonyl (C=O) groups is 1. The van der Waals surface area contributed by atoms with E-state index in [0.717, 1.165) is 24.8 Å². The van der Waals surface area contributed by atoms with Gasteiger partial charge in [-0.2, -0.15) is 0 Å². The van der Waals surface area contributed by atoms with Crippen LogP contribution in [0, 0.1) is 5.92 Å². The molecule has 0 radical (unpaired) electrons. The maximum Gasteiger partial charge on any atom is 0.252 e. The van der Waals surface area contributed by atoms with Gasteiger partial charge in [-0.15, -0.1) is 0 Å². The SMILES string of the molecule is CC1CCN(c2ccc(C(=O)NCCN)cn2)CC1. The van der Waals surface area contributed by atoms with E-state index in [1.54, 1.807) is 6.20 Å². The third-order valence-electron chi connectivity index (χ3n) is 3.55. The standard InChI is InChI=1S/C14H22N4O/c1-11-4-8-18(9-5-11)13-3-2-12(10-17-13)14(19)16-7-6-15/h2-3,10-11H,4-9,15H2,1H3,(H,16,19). The first-order valence-electron chi connectivity index (χ1n) is 6.90. The Kier molecular flexibility index (Phi) is 4.74. The molecular weight excluding hydrogens is 240 g/mol. The molecule has 0 unspecified atom stereocenters. The summed E-state index contributed by atoms with van der Waals surface area (Å²) in [6.07, 6.45) is 4.06. The number of nitrogens with zero attached hydrogens (tertiary/aromatic N) is 2. The quantitative estimate of drug-likeness (QED) is 0.849. The molecule has 19 heavy (non-hydrogen) atoms. The molecule has 0 aliphatic carbocycles. The number of hydrogen-bond acceptors (Lipinski definition) is 4. The Hall–Kier alpha value is -1.62. The van der Waals surface area contributed by atoms with Crippen molar-refractivity contribution in [1.29, 1.82) is 0 Å². The summed E-state index contributed by atoms with van der Waals surface area (Å²) in [5.74, 6) is 1.65. The van der Waals surface area contributed by atoms with E-state index in [9.17, 15) is 4.79 Å². The second-order valence-electron chi connectivity index (χ2n) is 5.12. The smallest absolute Gasteiger partial charge is 0.252 e. The maximum absolute atomic E-state index is 11.7. The molecule has 1 amide bonds. The van der Waals surface area contributed by atoms with Crippen LogP contribution in [0.2, 0.25) is 0 Å². The van der Waals surface area contributed by atoms with Gasteiger partial charge in [-0.1, -0.05) is 6.92 Å². The molecule has 3 N–H and O–H groups in total. The zero-order valence-corrected chi connectivity index (χ0v) is 11.4. The normalized spacial score (nSPS) is 16.4. The molecule has 2 rings (SSSR count). The van der Waals surface area contributed by atoms with Gasteiger partial charge in [0.05, 0.1) is 5.56 Å². The van der Waals surface area contributed by atoms with Gasteiger partial charge in [0.1, 0.15) is 5.82 Å². The van der Waals surface area contributed by atoms with Crippen LogP contribution in [0.1, 0.15) is 30.1 Å². The predicted molar refractivity (Wildman–Crippen MR) is 76.2 cm³/mol. The molecule has 0 bridgehead atoms. The van der Waals surface area contributed by atoms with E-state index < -0.39 is 0 Å². The van der Waals surface area contributed by atoms with Crippen LogP contribution in [-0.4, -0.2) is 37.1 Å². The highest BCUT2D eigenvalue weighted by Crippen LogP contribution is 2.21. The van der Waals surface area contributed by atoms with Gasteiger partial charge in [0.25, 0.3) is 5.91 Å². The second-order valence-corrected chi connectivity index (χ2v) is 5.12. The topological polar surface area (TPSA) is 71.2 Å². The van der Waals surface area contributed by atoms with Gasteiger partial charge in [0.2, 0.25) is 0 Å². The van der Waals surface area contributed by atoms with E-state index in [1.807, 2.05) is 12.1 Å². The fourth-order valence-corrected chi connectivity index (χ4v) is 2.23. The molecule has 2 heterocycles. The third-order valence-corrected chi connectivity index (χ3v) is 3.55. The number of aromatic nitrogens is 1. The average molecular weight is 262 g/mol. The lowest BCUT2D eigenvalue weighted by molar-refractivity contribution is 0.0954. The Balaban J connectivity index is 1.96. The Labute approximate surface area is 114 Å². The number of nitrogens with two attached hydrogens (primary N) is 1.